The minimum Gasteiger partial charge on any atom is -0.492 e. The quantitative estimate of drug-likeness (QED) is 0.305. The molecule has 1 aromatic rings. The minimum atomic E-state index is -0.674. The second-order valence-corrected chi connectivity index (χ2v) is 4.85. The fourth-order valence-corrected chi connectivity index (χ4v) is 1.97. The lowest BCUT2D eigenvalue weighted by molar-refractivity contribution is -0.275. The molecule has 1 aromatic heterocycles. The van der Waals surface area contributed by atoms with E-state index in [4.69, 9.17) is 0 Å². The van der Waals surface area contributed by atoms with E-state index in [0.717, 1.165) is 4.90 Å². The highest BCUT2D eigenvalue weighted by atomic mass is 17.3. The van der Waals surface area contributed by atoms with Crippen molar-refractivity contribution in [2.45, 2.75) is 25.7 Å². The summed E-state index contributed by atoms with van der Waals surface area (Å²) in [4.78, 5) is 44.1. The lowest BCUT2D eigenvalue weighted by atomic mass is 10.2. The van der Waals surface area contributed by atoms with E-state index >= 15 is 0 Å². The molecule has 0 atom stereocenters. The molecule has 9 heteroatoms. The molecule has 0 saturated carbocycles. The van der Waals surface area contributed by atoms with E-state index in [1.165, 1.54) is 24.3 Å². The Bertz CT molecular complexity index is 598. The molecule has 1 aliphatic rings. The summed E-state index contributed by atoms with van der Waals surface area (Å²) in [6.07, 6.45) is 4.18. The number of unbranched alkanes of at least 4 members (excludes halogenated alkanes) is 2. The van der Waals surface area contributed by atoms with Crippen LogP contribution in [-0.4, -0.2) is 44.2 Å². The molecule has 0 aromatic carbocycles. The average Bonchev–Trinajstić information content (AvgIpc) is 3.00. The molecule has 0 radical (unpaired) electrons. The zero-order valence-electron chi connectivity index (χ0n) is 12.2. The van der Waals surface area contributed by atoms with Gasteiger partial charge in [-0.1, -0.05) is 11.2 Å². The summed E-state index contributed by atoms with van der Waals surface area (Å²) < 4.78 is 0.551. The molecule has 2 amide bonds. The molecule has 2 rings (SSSR count). The molecule has 9 nitrogen and oxygen atoms in total. The smallest absolute Gasteiger partial charge is 0.357 e. The largest absolute Gasteiger partial charge is 0.492 e. The highest BCUT2D eigenvalue weighted by Crippen LogP contribution is 2.18. The second-order valence-electron chi connectivity index (χ2n) is 4.85. The van der Waals surface area contributed by atoms with E-state index < -0.39 is 17.7 Å². The number of imide groups is 1. The van der Waals surface area contributed by atoms with Gasteiger partial charge in [0.25, 0.3) is 11.8 Å². The van der Waals surface area contributed by atoms with Gasteiger partial charge in [0.1, 0.15) is 0 Å². The maximum atomic E-state index is 11.4. The molecular weight excluding hydrogens is 308 g/mol. The Hall–Kier alpha value is -2.97. The lowest BCUT2D eigenvalue weighted by Crippen LogP contribution is -2.30. The maximum absolute atomic E-state index is 11.4. The van der Waals surface area contributed by atoms with Crippen LogP contribution in [0.1, 0.15) is 25.7 Å². The summed E-state index contributed by atoms with van der Waals surface area (Å²) in [7, 11) is 0. The number of carbonyl (C=O) groups is 3. The molecule has 23 heavy (non-hydrogen) atoms. The Morgan fingerprint density at radius 1 is 1.00 bits per heavy atom. The van der Waals surface area contributed by atoms with Gasteiger partial charge in [-0.25, -0.2) is 9.68 Å². The van der Waals surface area contributed by atoms with E-state index in [1.54, 1.807) is 0 Å². The summed E-state index contributed by atoms with van der Waals surface area (Å²) in [6.45, 7) is 0.307. The predicted octanol–water partition coefficient (Wildman–Crippen LogP) is 0.271. The Labute approximate surface area is 131 Å². The standard InChI is InChI=1S/C14H16N2O7/c17-10-5-6-11(18)15(10)9-3-1-2-4-14(21)22-23-16-12(19)7-8-13(16)20/h5-8,19-20H,1-4,9H2. The SMILES string of the molecule is O=C(CCCCCN1C(=O)C=CC1=O)OOn1c(O)ccc1O. The van der Waals surface area contributed by atoms with Gasteiger partial charge in [0.05, 0.1) is 6.42 Å². The van der Waals surface area contributed by atoms with Gasteiger partial charge in [-0.2, -0.15) is 4.99 Å². The van der Waals surface area contributed by atoms with Crippen molar-refractivity contribution < 1.29 is 34.5 Å². The van der Waals surface area contributed by atoms with E-state index in [2.05, 4.69) is 9.88 Å². The first-order valence-corrected chi connectivity index (χ1v) is 7.00. The Kier molecular flexibility index (Phi) is 5.23. The molecule has 0 saturated heterocycles. The molecule has 2 N–H and O–H groups in total. The number of carbonyl (C=O) groups excluding carboxylic acids is 3. The highest BCUT2D eigenvalue weighted by molar-refractivity contribution is 6.12. The van der Waals surface area contributed by atoms with Crippen molar-refractivity contribution >= 4 is 17.8 Å². The second kappa shape index (κ2) is 7.34. The summed E-state index contributed by atoms with van der Waals surface area (Å²) in [5.74, 6) is -2.15. The maximum Gasteiger partial charge on any atom is 0.357 e. The minimum absolute atomic E-state index is 0.0585. The summed E-state index contributed by atoms with van der Waals surface area (Å²) in [5, 5.41) is 18.5. The lowest BCUT2D eigenvalue weighted by Gasteiger charge is -2.12. The predicted molar refractivity (Wildman–Crippen MR) is 74.8 cm³/mol. The fraction of sp³-hybridized carbons (Fsp3) is 0.357. The van der Waals surface area contributed by atoms with Gasteiger partial charge in [0.2, 0.25) is 11.8 Å². The molecule has 0 aliphatic carbocycles. The molecule has 124 valence electrons. The molecular formula is C14H16N2O7. The van der Waals surface area contributed by atoms with E-state index in [-0.39, 0.29) is 18.2 Å². The van der Waals surface area contributed by atoms with Crippen LogP contribution in [-0.2, 0) is 19.3 Å². The first-order chi connectivity index (χ1) is 11.0. The zero-order valence-corrected chi connectivity index (χ0v) is 12.2. The summed E-state index contributed by atoms with van der Waals surface area (Å²) in [5.41, 5.74) is 0. The van der Waals surface area contributed by atoms with E-state index in [1.807, 2.05) is 0 Å². The van der Waals surface area contributed by atoms with Crippen LogP contribution in [0.4, 0.5) is 0 Å². The zero-order chi connectivity index (χ0) is 16.8. The molecule has 1 aliphatic heterocycles. The topological polar surface area (TPSA) is 118 Å². The van der Waals surface area contributed by atoms with Crippen LogP contribution in [0.15, 0.2) is 24.3 Å². The Morgan fingerprint density at radius 3 is 2.22 bits per heavy atom. The third-order valence-electron chi connectivity index (χ3n) is 3.17. The third-order valence-corrected chi connectivity index (χ3v) is 3.17. The number of aromatic nitrogens is 1. The summed E-state index contributed by atoms with van der Waals surface area (Å²) >= 11 is 0. The highest BCUT2D eigenvalue weighted by Gasteiger charge is 2.22. The third kappa shape index (κ3) is 4.25. The number of hydrogen-bond donors (Lipinski definition) is 2. The first-order valence-electron chi connectivity index (χ1n) is 7.00. The van der Waals surface area contributed by atoms with Crippen molar-refractivity contribution in [2.24, 2.45) is 0 Å². The van der Waals surface area contributed by atoms with Crippen LogP contribution in [0.3, 0.4) is 0 Å². The van der Waals surface area contributed by atoms with Gasteiger partial charge < -0.3 is 10.2 Å². The van der Waals surface area contributed by atoms with Crippen LogP contribution in [0.2, 0.25) is 0 Å². The van der Waals surface area contributed by atoms with Crippen LogP contribution in [0.5, 0.6) is 11.8 Å². The van der Waals surface area contributed by atoms with E-state index in [9.17, 15) is 24.6 Å². The number of aromatic hydroxyl groups is 2. The molecule has 0 spiro atoms. The van der Waals surface area contributed by atoms with Crippen molar-refractivity contribution in [3.8, 4) is 11.8 Å². The average molecular weight is 324 g/mol. The van der Waals surface area contributed by atoms with Crippen LogP contribution in [0, 0.1) is 0 Å². The number of rotatable bonds is 8. The van der Waals surface area contributed by atoms with Gasteiger partial charge in [-0.05, 0) is 12.8 Å². The van der Waals surface area contributed by atoms with Crippen molar-refractivity contribution in [1.82, 2.24) is 9.63 Å². The fourth-order valence-electron chi connectivity index (χ4n) is 1.97. The van der Waals surface area contributed by atoms with Gasteiger partial charge in [0.15, 0.2) is 0 Å². The Morgan fingerprint density at radius 2 is 1.61 bits per heavy atom. The number of nitrogens with zero attached hydrogens (tertiary/aromatic N) is 2. The van der Waals surface area contributed by atoms with E-state index in [0.29, 0.717) is 30.5 Å². The monoisotopic (exact) mass is 324 g/mol. The molecule has 0 fully saturated rings. The molecule has 0 bridgehead atoms. The molecule has 2 heterocycles. The van der Waals surface area contributed by atoms with Crippen molar-refractivity contribution in [3.63, 3.8) is 0 Å². The normalized spacial score (nSPS) is 13.7. The number of hydrogen-bond acceptors (Lipinski definition) is 7. The van der Waals surface area contributed by atoms with Crippen LogP contribution < -0.4 is 4.99 Å². The van der Waals surface area contributed by atoms with Crippen molar-refractivity contribution in [2.75, 3.05) is 6.54 Å². The van der Waals surface area contributed by atoms with Gasteiger partial charge in [0, 0.05) is 30.8 Å². The molecule has 0 unspecified atom stereocenters. The number of amides is 2. The first kappa shape index (κ1) is 16.4. The van der Waals surface area contributed by atoms with Gasteiger partial charge in [-0.15, -0.1) is 0 Å². The van der Waals surface area contributed by atoms with Gasteiger partial charge >= 0.3 is 5.97 Å². The van der Waals surface area contributed by atoms with Crippen LogP contribution in [0.25, 0.3) is 0 Å². The van der Waals surface area contributed by atoms with Crippen molar-refractivity contribution in [3.05, 3.63) is 24.3 Å². The van der Waals surface area contributed by atoms with Crippen molar-refractivity contribution in [1.29, 1.82) is 0 Å². The van der Waals surface area contributed by atoms with Crippen LogP contribution >= 0.6 is 0 Å². The van der Waals surface area contributed by atoms with Gasteiger partial charge in [-0.3, -0.25) is 14.5 Å². The summed E-state index contributed by atoms with van der Waals surface area (Å²) in [6, 6.07) is 2.33. The Balaban J connectivity index is 1.58.